The number of hydrogen-bond acceptors (Lipinski definition) is 4. The first-order chi connectivity index (χ1) is 8.40. The summed E-state index contributed by atoms with van der Waals surface area (Å²) in [5.41, 5.74) is 0.656. The van der Waals surface area contributed by atoms with Crippen LogP contribution in [0.2, 0.25) is 5.02 Å². The van der Waals surface area contributed by atoms with Gasteiger partial charge in [-0.1, -0.05) is 11.6 Å². The zero-order chi connectivity index (χ0) is 13.7. The van der Waals surface area contributed by atoms with Crippen molar-refractivity contribution >= 4 is 17.3 Å². The van der Waals surface area contributed by atoms with Gasteiger partial charge in [0.2, 0.25) is 0 Å². The molecule has 6 heteroatoms. The lowest BCUT2D eigenvalue weighted by atomic mass is 10.1. The zero-order valence-electron chi connectivity index (χ0n) is 10.5. The monoisotopic (exact) mass is 272 g/mol. The van der Waals surface area contributed by atoms with Crippen molar-refractivity contribution in [3.05, 3.63) is 38.9 Å². The maximum atomic E-state index is 10.9. The molecular formula is C12H17ClN2O3. The summed E-state index contributed by atoms with van der Waals surface area (Å²) >= 11 is 5.85. The molecule has 0 aliphatic rings. The molecule has 0 radical (unpaired) electrons. The predicted molar refractivity (Wildman–Crippen MR) is 70.7 cm³/mol. The molecule has 0 aromatic heterocycles. The largest absolute Gasteiger partial charge is 0.393 e. The molecule has 0 saturated heterocycles. The molecule has 1 atom stereocenters. The SMILES string of the molecule is CC(O)CCN(C)Cc1cc(Cl)ccc1[N+](=O)[O-]. The summed E-state index contributed by atoms with van der Waals surface area (Å²) in [4.78, 5) is 12.4. The van der Waals surface area contributed by atoms with E-state index in [1.165, 1.54) is 12.1 Å². The van der Waals surface area contributed by atoms with Crippen LogP contribution < -0.4 is 0 Å². The first kappa shape index (κ1) is 14.9. The van der Waals surface area contributed by atoms with Crippen molar-refractivity contribution in [2.75, 3.05) is 13.6 Å². The molecule has 1 N–H and O–H groups in total. The van der Waals surface area contributed by atoms with E-state index in [0.29, 0.717) is 30.1 Å². The van der Waals surface area contributed by atoms with Gasteiger partial charge in [0.05, 0.1) is 11.0 Å². The Hall–Kier alpha value is -1.17. The Balaban J connectivity index is 2.76. The average Bonchev–Trinajstić information content (AvgIpc) is 2.26. The van der Waals surface area contributed by atoms with Crippen molar-refractivity contribution in [3.63, 3.8) is 0 Å². The summed E-state index contributed by atoms with van der Waals surface area (Å²) in [7, 11) is 1.85. The van der Waals surface area contributed by atoms with Gasteiger partial charge in [0.15, 0.2) is 0 Å². The number of benzene rings is 1. The number of aliphatic hydroxyl groups is 1. The van der Waals surface area contributed by atoms with Crippen molar-refractivity contribution in [1.82, 2.24) is 4.90 Å². The van der Waals surface area contributed by atoms with Gasteiger partial charge in [0.25, 0.3) is 5.69 Å². The average molecular weight is 273 g/mol. The fourth-order valence-electron chi connectivity index (χ4n) is 1.64. The summed E-state index contributed by atoms with van der Waals surface area (Å²) in [6, 6.07) is 4.54. The molecule has 100 valence electrons. The van der Waals surface area contributed by atoms with E-state index in [2.05, 4.69) is 0 Å². The first-order valence-electron chi connectivity index (χ1n) is 5.69. The molecular weight excluding hydrogens is 256 g/mol. The lowest BCUT2D eigenvalue weighted by molar-refractivity contribution is -0.385. The molecule has 18 heavy (non-hydrogen) atoms. The number of nitro groups is 1. The molecule has 0 fully saturated rings. The van der Waals surface area contributed by atoms with Gasteiger partial charge in [-0.3, -0.25) is 10.1 Å². The Kier molecular flexibility index (Phi) is 5.53. The van der Waals surface area contributed by atoms with E-state index in [0.717, 1.165) is 0 Å². The van der Waals surface area contributed by atoms with Crippen molar-refractivity contribution in [2.24, 2.45) is 0 Å². The van der Waals surface area contributed by atoms with E-state index < -0.39 is 4.92 Å². The number of aliphatic hydroxyl groups excluding tert-OH is 1. The number of nitrogens with zero attached hydrogens (tertiary/aromatic N) is 2. The summed E-state index contributed by atoms with van der Waals surface area (Å²) in [5.74, 6) is 0. The van der Waals surface area contributed by atoms with E-state index >= 15 is 0 Å². The zero-order valence-corrected chi connectivity index (χ0v) is 11.2. The van der Waals surface area contributed by atoms with Crippen LogP contribution in [0.15, 0.2) is 18.2 Å². The molecule has 0 amide bonds. The number of hydrogen-bond donors (Lipinski definition) is 1. The minimum Gasteiger partial charge on any atom is -0.393 e. The Morgan fingerprint density at radius 3 is 2.78 bits per heavy atom. The highest BCUT2D eigenvalue weighted by Gasteiger charge is 2.15. The van der Waals surface area contributed by atoms with Crippen molar-refractivity contribution in [3.8, 4) is 0 Å². The molecule has 0 aliphatic heterocycles. The van der Waals surface area contributed by atoms with Crippen LogP contribution in [-0.2, 0) is 6.54 Å². The van der Waals surface area contributed by atoms with E-state index in [1.807, 2.05) is 11.9 Å². The summed E-state index contributed by atoms with van der Waals surface area (Å²) in [6.07, 6.45) is 0.256. The van der Waals surface area contributed by atoms with Crippen LogP contribution >= 0.6 is 11.6 Å². The second kappa shape index (κ2) is 6.68. The molecule has 1 rings (SSSR count). The number of halogens is 1. The maximum Gasteiger partial charge on any atom is 0.273 e. The van der Waals surface area contributed by atoms with E-state index in [4.69, 9.17) is 11.6 Å². The van der Waals surface area contributed by atoms with Crippen LogP contribution in [0.5, 0.6) is 0 Å². The third kappa shape index (κ3) is 4.60. The van der Waals surface area contributed by atoms with Gasteiger partial charge in [0.1, 0.15) is 0 Å². The van der Waals surface area contributed by atoms with E-state index in [9.17, 15) is 15.2 Å². The van der Waals surface area contributed by atoms with Crippen LogP contribution in [0.1, 0.15) is 18.9 Å². The second-order valence-electron chi connectivity index (χ2n) is 4.41. The maximum absolute atomic E-state index is 10.9. The van der Waals surface area contributed by atoms with Gasteiger partial charge in [0, 0.05) is 29.7 Å². The van der Waals surface area contributed by atoms with Crippen molar-refractivity contribution < 1.29 is 10.0 Å². The third-order valence-electron chi connectivity index (χ3n) is 2.61. The minimum absolute atomic E-state index is 0.0725. The summed E-state index contributed by atoms with van der Waals surface area (Å²) in [6.45, 7) is 2.82. The summed E-state index contributed by atoms with van der Waals surface area (Å²) < 4.78 is 0. The third-order valence-corrected chi connectivity index (χ3v) is 2.84. The Labute approximate surface area is 111 Å². The fourth-order valence-corrected chi connectivity index (χ4v) is 1.83. The van der Waals surface area contributed by atoms with Crippen LogP contribution in [0, 0.1) is 10.1 Å². The van der Waals surface area contributed by atoms with Gasteiger partial charge >= 0.3 is 0 Å². The molecule has 1 unspecified atom stereocenters. The van der Waals surface area contributed by atoms with Gasteiger partial charge in [-0.25, -0.2) is 0 Å². The van der Waals surface area contributed by atoms with Crippen molar-refractivity contribution in [2.45, 2.75) is 26.0 Å². The highest BCUT2D eigenvalue weighted by atomic mass is 35.5. The standard InChI is InChI=1S/C12H17ClN2O3/c1-9(16)5-6-14(2)8-10-7-11(13)3-4-12(10)15(17)18/h3-4,7,9,16H,5-6,8H2,1-2H3. The lowest BCUT2D eigenvalue weighted by Crippen LogP contribution is -2.22. The highest BCUT2D eigenvalue weighted by molar-refractivity contribution is 6.30. The van der Waals surface area contributed by atoms with Gasteiger partial charge in [-0.05, 0) is 32.5 Å². The van der Waals surface area contributed by atoms with Crippen LogP contribution in [0.25, 0.3) is 0 Å². The van der Waals surface area contributed by atoms with Crippen molar-refractivity contribution in [1.29, 1.82) is 0 Å². The Bertz CT molecular complexity index is 424. The van der Waals surface area contributed by atoms with E-state index in [-0.39, 0.29) is 11.8 Å². The van der Waals surface area contributed by atoms with Gasteiger partial charge in [-0.2, -0.15) is 0 Å². The molecule has 0 saturated carbocycles. The van der Waals surface area contributed by atoms with Crippen LogP contribution in [0.4, 0.5) is 5.69 Å². The molecule has 0 bridgehead atoms. The molecule has 1 aromatic rings. The molecule has 0 aliphatic carbocycles. The van der Waals surface area contributed by atoms with Crippen LogP contribution in [0.3, 0.4) is 0 Å². The Morgan fingerprint density at radius 1 is 1.56 bits per heavy atom. The molecule has 0 heterocycles. The van der Waals surface area contributed by atoms with Gasteiger partial charge < -0.3 is 10.0 Å². The summed E-state index contributed by atoms with van der Waals surface area (Å²) in [5, 5.41) is 20.6. The molecule has 1 aromatic carbocycles. The van der Waals surface area contributed by atoms with Gasteiger partial charge in [-0.15, -0.1) is 0 Å². The van der Waals surface area contributed by atoms with Crippen LogP contribution in [-0.4, -0.2) is 34.6 Å². The predicted octanol–water partition coefficient (Wildman–Crippen LogP) is 2.45. The normalized spacial score (nSPS) is 12.7. The number of rotatable bonds is 6. The topological polar surface area (TPSA) is 66.6 Å². The number of nitro benzene ring substituents is 1. The molecule has 0 spiro atoms. The highest BCUT2D eigenvalue weighted by Crippen LogP contribution is 2.23. The second-order valence-corrected chi connectivity index (χ2v) is 4.84. The quantitative estimate of drug-likeness (QED) is 0.638. The first-order valence-corrected chi connectivity index (χ1v) is 6.07. The fraction of sp³-hybridized carbons (Fsp3) is 0.500. The lowest BCUT2D eigenvalue weighted by Gasteiger charge is -2.17. The molecule has 5 nitrogen and oxygen atoms in total. The smallest absolute Gasteiger partial charge is 0.273 e. The van der Waals surface area contributed by atoms with E-state index in [1.54, 1.807) is 13.0 Å². The Morgan fingerprint density at radius 2 is 2.22 bits per heavy atom. The minimum atomic E-state index is -0.409.